The normalized spacial score (nSPS) is 10.3. The van der Waals surface area contributed by atoms with Crippen molar-refractivity contribution >= 4 is 17.5 Å². The zero-order chi connectivity index (χ0) is 19.1. The van der Waals surface area contributed by atoms with Crippen molar-refractivity contribution in [2.45, 2.75) is 20.3 Å². The maximum atomic E-state index is 13.8. The average molecular weight is 358 g/mol. The summed E-state index contributed by atoms with van der Waals surface area (Å²) in [5.74, 6) is -0.852. The minimum absolute atomic E-state index is 0.00525. The monoisotopic (exact) mass is 358 g/mol. The van der Waals surface area contributed by atoms with E-state index in [1.54, 1.807) is 35.2 Å². The van der Waals surface area contributed by atoms with Crippen LogP contribution in [0.3, 0.4) is 0 Å². The minimum Gasteiger partial charge on any atom is -0.494 e. The van der Waals surface area contributed by atoms with Crippen LogP contribution < -0.4 is 10.1 Å². The lowest BCUT2D eigenvalue weighted by atomic mass is 10.1. The highest BCUT2D eigenvalue weighted by molar-refractivity contribution is 6.04. The molecule has 0 saturated heterocycles. The molecule has 6 heteroatoms. The van der Waals surface area contributed by atoms with Gasteiger partial charge in [-0.2, -0.15) is 0 Å². The smallest absolute Gasteiger partial charge is 0.255 e. The molecule has 138 valence electrons. The number of hydrogen-bond acceptors (Lipinski definition) is 3. The van der Waals surface area contributed by atoms with Crippen LogP contribution in [0.2, 0.25) is 0 Å². The number of nitrogens with zero attached hydrogens (tertiary/aromatic N) is 1. The maximum Gasteiger partial charge on any atom is 0.255 e. The molecule has 2 aromatic carbocycles. The molecule has 0 fully saturated rings. The SMILES string of the molecule is CCN(CC)C(=O)c1ccccc1NC(=O)Cc1ccc(OC)c(F)c1. The number of benzene rings is 2. The minimum atomic E-state index is -0.519. The molecule has 26 heavy (non-hydrogen) atoms. The van der Waals surface area contributed by atoms with Crippen LogP contribution in [0.4, 0.5) is 10.1 Å². The summed E-state index contributed by atoms with van der Waals surface area (Å²) in [6.45, 7) is 4.98. The van der Waals surface area contributed by atoms with Crippen LogP contribution in [0.5, 0.6) is 5.75 Å². The fraction of sp³-hybridized carbons (Fsp3) is 0.300. The number of para-hydroxylation sites is 1. The van der Waals surface area contributed by atoms with Crippen LogP contribution in [0.15, 0.2) is 42.5 Å². The molecular weight excluding hydrogens is 335 g/mol. The third-order valence-electron chi connectivity index (χ3n) is 4.06. The molecule has 0 spiro atoms. The van der Waals surface area contributed by atoms with Crippen LogP contribution in [-0.4, -0.2) is 36.9 Å². The molecule has 2 aromatic rings. The van der Waals surface area contributed by atoms with Crippen molar-refractivity contribution in [2.24, 2.45) is 0 Å². The Hall–Kier alpha value is -2.89. The summed E-state index contributed by atoms with van der Waals surface area (Å²) in [5.41, 5.74) is 1.40. The highest BCUT2D eigenvalue weighted by Crippen LogP contribution is 2.20. The second-order valence-electron chi connectivity index (χ2n) is 5.72. The third kappa shape index (κ3) is 4.59. The molecule has 0 heterocycles. The fourth-order valence-corrected chi connectivity index (χ4v) is 2.66. The van der Waals surface area contributed by atoms with E-state index in [2.05, 4.69) is 5.32 Å². The summed E-state index contributed by atoms with van der Waals surface area (Å²) in [6, 6.07) is 11.3. The average Bonchev–Trinajstić information content (AvgIpc) is 2.63. The summed E-state index contributed by atoms with van der Waals surface area (Å²) in [7, 11) is 1.38. The number of halogens is 1. The maximum absolute atomic E-state index is 13.8. The van der Waals surface area contributed by atoms with Crippen molar-refractivity contribution < 1.29 is 18.7 Å². The molecule has 2 rings (SSSR count). The highest BCUT2D eigenvalue weighted by Gasteiger charge is 2.17. The van der Waals surface area contributed by atoms with Crippen molar-refractivity contribution in [3.63, 3.8) is 0 Å². The summed E-state index contributed by atoms with van der Waals surface area (Å²) < 4.78 is 18.6. The molecule has 0 aliphatic carbocycles. The van der Waals surface area contributed by atoms with E-state index < -0.39 is 5.82 Å². The van der Waals surface area contributed by atoms with E-state index >= 15 is 0 Å². The summed E-state index contributed by atoms with van der Waals surface area (Å²) in [4.78, 5) is 26.6. The Bertz CT molecular complexity index is 788. The number of hydrogen-bond donors (Lipinski definition) is 1. The second-order valence-corrected chi connectivity index (χ2v) is 5.72. The summed E-state index contributed by atoms with van der Waals surface area (Å²) in [6.07, 6.45) is -0.00525. The van der Waals surface area contributed by atoms with Crippen LogP contribution in [0.25, 0.3) is 0 Å². The first-order valence-corrected chi connectivity index (χ1v) is 8.50. The predicted octanol–water partition coefficient (Wildman–Crippen LogP) is 3.50. The van der Waals surface area contributed by atoms with Gasteiger partial charge in [0, 0.05) is 13.1 Å². The molecule has 0 unspecified atom stereocenters. The number of carbonyl (C=O) groups is 2. The van der Waals surface area contributed by atoms with Crippen LogP contribution in [-0.2, 0) is 11.2 Å². The summed E-state index contributed by atoms with van der Waals surface area (Å²) >= 11 is 0. The molecule has 0 saturated carbocycles. The first kappa shape index (κ1) is 19.4. The molecular formula is C20H23FN2O3. The van der Waals surface area contributed by atoms with E-state index in [4.69, 9.17) is 4.74 Å². The van der Waals surface area contributed by atoms with E-state index in [0.717, 1.165) is 0 Å². The van der Waals surface area contributed by atoms with Crippen LogP contribution >= 0.6 is 0 Å². The Labute approximate surface area is 152 Å². The standard InChI is InChI=1S/C20H23FN2O3/c1-4-23(5-2)20(25)15-8-6-7-9-17(15)22-19(24)13-14-10-11-18(26-3)16(21)12-14/h6-12H,4-5,13H2,1-3H3,(H,22,24). The lowest BCUT2D eigenvalue weighted by molar-refractivity contribution is -0.115. The first-order valence-electron chi connectivity index (χ1n) is 8.50. The van der Waals surface area contributed by atoms with Gasteiger partial charge in [0.25, 0.3) is 5.91 Å². The number of nitrogens with one attached hydrogen (secondary N) is 1. The van der Waals surface area contributed by atoms with Gasteiger partial charge in [-0.3, -0.25) is 9.59 Å². The Kier molecular flexibility index (Phi) is 6.72. The third-order valence-corrected chi connectivity index (χ3v) is 4.06. The quantitative estimate of drug-likeness (QED) is 0.824. The van der Waals surface area contributed by atoms with Crippen molar-refractivity contribution in [2.75, 3.05) is 25.5 Å². The Balaban J connectivity index is 2.14. The van der Waals surface area contributed by atoms with Crippen molar-refractivity contribution in [3.05, 3.63) is 59.4 Å². The molecule has 0 radical (unpaired) electrons. The number of methoxy groups -OCH3 is 1. The number of carbonyl (C=O) groups excluding carboxylic acids is 2. The van der Waals surface area contributed by atoms with E-state index in [9.17, 15) is 14.0 Å². The molecule has 2 amide bonds. The van der Waals surface area contributed by atoms with Gasteiger partial charge in [-0.05, 0) is 43.7 Å². The molecule has 0 aliphatic heterocycles. The van der Waals surface area contributed by atoms with Gasteiger partial charge >= 0.3 is 0 Å². The molecule has 0 bridgehead atoms. The number of amides is 2. The van der Waals surface area contributed by atoms with Crippen LogP contribution in [0.1, 0.15) is 29.8 Å². The van der Waals surface area contributed by atoms with Gasteiger partial charge in [-0.25, -0.2) is 4.39 Å². The zero-order valence-electron chi connectivity index (χ0n) is 15.2. The number of rotatable bonds is 7. The first-order chi connectivity index (χ1) is 12.5. The van der Waals surface area contributed by atoms with Crippen molar-refractivity contribution in [3.8, 4) is 5.75 Å². The van der Waals surface area contributed by atoms with Gasteiger partial charge < -0.3 is 15.0 Å². The highest BCUT2D eigenvalue weighted by atomic mass is 19.1. The van der Waals surface area contributed by atoms with Crippen molar-refractivity contribution in [1.29, 1.82) is 0 Å². The lowest BCUT2D eigenvalue weighted by Gasteiger charge is -2.20. The second kappa shape index (κ2) is 8.99. The molecule has 1 N–H and O–H groups in total. The Morgan fingerprint density at radius 2 is 1.81 bits per heavy atom. The Morgan fingerprint density at radius 3 is 2.42 bits per heavy atom. The van der Waals surface area contributed by atoms with Gasteiger partial charge in [0.2, 0.25) is 5.91 Å². The van der Waals surface area contributed by atoms with Crippen molar-refractivity contribution in [1.82, 2.24) is 4.90 Å². The zero-order valence-corrected chi connectivity index (χ0v) is 15.2. The van der Waals surface area contributed by atoms with E-state index in [0.29, 0.717) is 29.9 Å². The van der Waals surface area contributed by atoms with E-state index in [1.165, 1.54) is 19.2 Å². The van der Waals surface area contributed by atoms with E-state index in [1.807, 2.05) is 13.8 Å². The molecule has 0 atom stereocenters. The Morgan fingerprint density at radius 1 is 1.12 bits per heavy atom. The van der Waals surface area contributed by atoms with E-state index in [-0.39, 0.29) is 24.0 Å². The fourth-order valence-electron chi connectivity index (χ4n) is 2.66. The largest absolute Gasteiger partial charge is 0.494 e. The van der Waals surface area contributed by atoms with Crippen LogP contribution in [0, 0.1) is 5.82 Å². The number of ether oxygens (including phenoxy) is 1. The topological polar surface area (TPSA) is 58.6 Å². The molecule has 5 nitrogen and oxygen atoms in total. The molecule has 0 aliphatic rings. The lowest BCUT2D eigenvalue weighted by Crippen LogP contribution is -2.31. The van der Waals surface area contributed by atoms with Gasteiger partial charge in [-0.15, -0.1) is 0 Å². The van der Waals surface area contributed by atoms with Gasteiger partial charge in [0.05, 0.1) is 24.8 Å². The van der Waals surface area contributed by atoms with Gasteiger partial charge in [-0.1, -0.05) is 18.2 Å². The number of anilines is 1. The summed E-state index contributed by atoms with van der Waals surface area (Å²) in [5, 5.41) is 2.75. The molecule has 0 aromatic heterocycles. The van der Waals surface area contributed by atoms with Gasteiger partial charge in [0.15, 0.2) is 11.6 Å². The van der Waals surface area contributed by atoms with Gasteiger partial charge in [0.1, 0.15) is 0 Å². The predicted molar refractivity (Wildman–Crippen MR) is 99.0 cm³/mol.